The SMILES string of the molecule is Cc1cccc(C(Cc2cn3ccsc3n2)NN)c1F. The van der Waals surface area contributed by atoms with Crippen LogP contribution in [-0.4, -0.2) is 9.38 Å². The van der Waals surface area contributed by atoms with Crippen LogP contribution < -0.4 is 11.3 Å². The Morgan fingerprint density at radius 2 is 2.35 bits per heavy atom. The Bertz CT molecular complexity index is 705. The molecule has 0 bridgehead atoms. The monoisotopic (exact) mass is 290 g/mol. The summed E-state index contributed by atoms with van der Waals surface area (Å²) in [4.78, 5) is 5.43. The highest BCUT2D eigenvalue weighted by Crippen LogP contribution is 2.23. The maximum absolute atomic E-state index is 14.2. The zero-order valence-corrected chi connectivity index (χ0v) is 11.8. The molecule has 2 aromatic heterocycles. The third-order valence-electron chi connectivity index (χ3n) is 3.35. The van der Waals surface area contributed by atoms with Crippen molar-refractivity contribution in [1.82, 2.24) is 14.8 Å². The minimum absolute atomic E-state index is 0.212. The predicted molar refractivity (Wildman–Crippen MR) is 78.0 cm³/mol. The summed E-state index contributed by atoms with van der Waals surface area (Å²) in [6, 6.07) is 5.05. The molecule has 0 aliphatic rings. The molecular weight excluding hydrogens is 275 g/mol. The molecule has 0 spiro atoms. The summed E-state index contributed by atoms with van der Waals surface area (Å²) in [5.41, 5.74) is 4.77. The van der Waals surface area contributed by atoms with Gasteiger partial charge >= 0.3 is 0 Å². The van der Waals surface area contributed by atoms with Crippen molar-refractivity contribution in [3.63, 3.8) is 0 Å². The van der Waals surface area contributed by atoms with E-state index in [1.54, 1.807) is 30.4 Å². The first-order valence-electron chi connectivity index (χ1n) is 6.31. The fraction of sp³-hybridized carbons (Fsp3) is 0.214. The van der Waals surface area contributed by atoms with E-state index in [4.69, 9.17) is 5.84 Å². The molecule has 104 valence electrons. The quantitative estimate of drug-likeness (QED) is 0.573. The number of imidazole rings is 1. The van der Waals surface area contributed by atoms with E-state index in [2.05, 4.69) is 10.4 Å². The zero-order valence-electron chi connectivity index (χ0n) is 11.0. The summed E-state index contributed by atoms with van der Waals surface area (Å²) in [7, 11) is 0. The maximum Gasteiger partial charge on any atom is 0.193 e. The van der Waals surface area contributed by atoms with Crippen LogP contribution in [0.2, 0.25) is 0 Å². The van der Waals surface area contributed by atoms with E-state index in [1.165, 1.54) is 0 Å². The highest BCUT2D eigenvalue weighted by atomic mass is 32.1. The van der Waals surface area contributed by atoms with Gasteiger partial charge in [0.05, 0.1) is 11.7 Å². The second-order valence-electron chi connectivity index (χ2n) is 4.73. The van der Waals surface area contributed by atoms with E-state index < -0.39 is 0 Å². The predicted octanol–water partition coefficient (Wildman–Crippen LogP) is 2.59. The van der Waals surface area contributed by atoms with E-state index in [0.29, 0.717) is 17.5 Å². The lowest BCUT2D eigenvalue weighted by atomic mass is 10.00. The third-order valence-corrected chi connectivity index (χ3v) is 4.13. The number of fused-ring (bicyclic) bond motifs is 1. The molecule has 3 aromatic rings. The molecule has 0 saturated carbocycles. The molecular formula is C14H15FN4S. The van der Waals surface area contributed by atoms with Crippen molar-refractivity contribution in [2.24, 2.45) is 5.84 Å². The van der Waals surface area contributed by atoms with Gasteiger partial charge in [-0.2, -0.15) is 0 Å². The van der Waals surface area contributed by atoms with E-state index >= 15 is 0 Å². The molecule has 0 amide bonds. The number of aryl methyl sites for hydroxylation is 1. The molecule has 2 heterocycles. The Hall–Kier alpha value is -1.76. The highest BCUT2D eigenvalue weighted by molar-refractivity contribution is 7.15. The average molecular weight is 290 g/mol. The third kappa shape index (κ3) is 2.33. The van der Waals surface area contributed by atoms with Crippen LogP contribution in [-0.2, 0) is 6.42 Å². The molecule has 6 heteroatoms. The number of nitrogens with two attached hydrogens (primary N) is 1. The second-order valence-corrected chi connectivity index (χ2v) is 5.60. The number of hydrogen-bond acceptors (Lipinski definition) is 4. The molecule has 0 aliphatic carbocycles. The summed E-state index contributed by atoms with van der Waals surface area (Å²) in [5, 5.41) is 1.98. The fourth-order valence-corrected chi connectivity index (χ4v) is 3.00. The van der Waals surface area contributed by atoms with Gasteiger partial charge in [0.25, 0.3) is 0 Å². The van der Waals surface area contributed by atoms with Gasteiger partial charge in [-0.05, 0) is 12.5 Å². The molecule has 20 heavy (non-hydrogen) atoms. The first-order valence-corrected chi connectivity index (χ1v) is 7.19. The molecule has 1 atom stereocenters. The number of hydrazine groups is 1. The van der Waals surface area contributed by atoms with Crippen LogP contribution in [0.3, 0.4) is 0 Å². The average Bonchev–Trinajstić information content (AvgIpc) is 3.00. The van der Waals surface area contributed by atoms with Gasteiger partial charge in [-0.25, -0.2) is 9.37 Å². The number of halogens is 1. The highest BCUT2D eigenvalue weighted by Gasteiger charge is 2.17. The van der Waals surface area contributed by atoms with Crippen molar-refractivity contribution >= 4 is 16.3 Å². The number of rotatable bonds is 4. The molecule has 0 radical (unpaired) electrons. The minimum Gasteiger partial charge on any atom is -0.297 e. The number of aromatic nitrogens is 2. The Labute approximate surface area is 120 Å². The first kappa shape index (κ1) is 13.2. The van der Waals surface area contributed by atoms with Gasteiger partial charge in [0.15, 0.2) is 4.96 Å². The Kier molecular flexibility index (Phi) is 3.52. The molecule has 3 N–H and O–H groups in total. The normalized spacial score (nSPS) is 12.9. The Balaban J connectivity index is 1.90. The Morgan fingerprint density at radius 3 is 3.10 bits per heavy atom. The second kappa shape index (κ2) is 5.32. The molecule has 0 saturated heterocycles. The first-order chi connectivity index (χ1) is 9.69. The molecule has 1 aromatic carbocycles. The van der Waals surface area contributed by atoms with E-state index in [9.17, 15) is 4.39 Å². The van der Waals surface area contributed by atoms with Crippen molar-refractivity contribution in [1.29, 1.82) is 0 Å². The van der Waals surface area contributed by atoms with Gasteiger partial charge in [-0.15, -0.1) is 11.3 Å². The summed E-state index contributed by atoms with van der Waals surface area (Å²) in [6.45, 7) is 1.75. The van der Waals surface area contributed by atoms with Crippen molar-refractivity contribution in [3.05, 3.63) is 58.6 Å². The number of hydrogen-bond donors (Lipinski definition) is 2. The molecule has 0 aliphatic heterocycles. The van der Waals surface area contributed by atoms with Crippen LogP contribution in [0.5, 0.6) is 0 Å². The van der Waals surface area contributed by atoms with Gasteiger partial charge in [-0.1, -0.05) is 18.2 Å². The molecule has 4 nitrogen and oxygen atoms in total. The molecule has 3 rings (SSSR count). The summed E-state index contributed by atoms with van der Waals surface area (Å²) in [6.07, 6.45) is 4.45. The van der Waals surface area contributed by atoms with Gasteiger partial charge in [0.1, 0.15) is 5.82 Å². The van der Waals surface area contributed by atoms with Crippen LogP contribution in [0.25, 0.3) is 4.96 Å². The standard InChI is InChI=1S/C14H15FN4S/c1-9-3-2-4-11(13(9)15)12(18-16)7-10-8-19-5-6-20-14(19)17-10/h2-6,8,12,18H,7,16H2,1H3. The minimum atomic E-state index is -0.292. The van der Waals surface area contributed by atoms with Crippen LogP contribution in [0.4, 0.5) is 4.39 Å². The smallest absolute Gasteiger partial charge is 0.193 e. The van der Waals surface area contributed by atoms with Gasteiger partial charge in [0, 0.05) is 29.8 Å². The topological polar surface area (TPSA) is 55.3 Å². The largest absolute Gasteiger partial charge is 0.297 e. The maximum atomic E-state index is 14.2. The lowest BCUT2D eigenvalue weighted by Crippen LogP contribution is -2.30. The van der Waals surface area contributed by atoms with Gasteiger partial charge in [0.2, 0.25) is 0 Å². The van der Waals surface area contributed by atoms with Crippen LogP contribution in [0.15, 0.2) is 36.0 Å². The van der Waals surface area contributed by atoms with E-state index in [1.807, 2.05) is 28.2 Å². The Morgan fingerprint density at radius 1 is 1.50 bits per heavy atom. The van der Waals surface area contributed by atoms with Crippen molar-refractivity contribution in [3.8, 4) is 0 Å². The zero-order chi connectivity index (χ0) is 14.1. The number of thiazole rings is 1. The number of nitrogens with one attached hydrogen (secondary N) is 1. The fourth-order valence-electron chi connectivity index (χ4n) is 2.28. The lowest BCUT2D eigenvalue weighted by Gasteiger charge is -2.16. The summed E-state index contributed by atoms with van der Waals surface area (Å²) in [5.74, 6) is 5.38. The van der Waals surface area contributed by atoms with Gasteiger partial charge < -0.3 is 0 Å². The van der Waals surface area contributed by atoms with Crippen LogP contribution in [0.1, 0.15) is 22.9 Å². The summed E-state index contributed by atoms with van der Waals surface area (Å²) < 4.78 is 16.1. The van der Waals surface area contributed by atoms with Crippen LogP contribution >= 0.6 is 11.3 Å². The van der Waals surface area contributed by atoms with Crippen molar-refractivity contribution in [2.75, 3.05) is 0 Å². The van der Waals surface area contributed by atoms with Crippen molar-refractivity contribution in [2.45, 2.75) is 19.4 Å². The van der Waals surface area contributed by atoms with Crippen LogP contribution in [0, 0.1) is 12.7 Å². The number of benzene rings is 1. The van der Waals surface area contributed by atoms with E-state index in [0.717, 1.165) is 10.7 Å². The molecule has 0 fully saturated rings. The van der Waals surface area contributed by atoms with E-state index in [-0.39, 0.29) is 11.9 Å². The van der Waals surface area contributed by atoms with Crippen molar-refractivity contribution < 1.29 is 4.39 Å². The molecule has 1 unspecified atom stereocenters. The summed E-state index contributed by atoms with van der Waals surface area (Å²) >= 11 is 1.57. The number of nitrogens with zero attached hydrogens (tertiary/aromatic N) is 2. The van der Waals surface area contributed by atoms with Gasteiger partial charge in [-0.3, -0.25) is 15.7 Å². The lowest BCUT2D eigenvalue weighted by molar-refractivity contribution is 0.504.